The fourth-order valence-corrected chi connectivity index (χ4v) is 3.21. The van der Waals surface area contributed by atoms with Crippen LogP contribution < -0.4 is 4.90 Å². The van der Waals surface area contributed by atoms with Crippen molar-refractivity contribution in [1.29, 1.82) is 0 Å². The number of aliphatic hydroxyl groups excluding tert-OH is 1. The number of benzene rings is 2. The van der Waals surface area contributed by atoms with E-state index in [1.54, 1.807) is 6.20 Å². The summed E-state index contributed by atoms with van der Waals surface area (Å²) in [4.78, 5) is 6.63. The van der Waals surface area contributed by atoms with Gasteiger partial charge >= 0.3 is 0 Å². The second-order valence-corrected chi connectivity index (χ2v) is 6.31. The predicted octanol–water partition coefficient (Wildman–Crippen LogP) is 3.96. The van der Waals surface area contributed by atoms with Gasteiger partial charge in [0.1, 0.15) is 5.82 Å². The number of aliphatic hydroxyl groups is 1. The average molecular weight is 344 g/mol. The lowest BCUT2D eigenvalue weighted by atomic mass is 10.0. The molecule has 130 valence electrons. The van der Waals surface area contributed by atoms with Gasteiger partial charge in [-0.2, -0.15) is 9.61 Å². The van der Waals surface area contributed by atoms with Crippen LogP contribution in [-0.2, 0) is 6.61 Å². The molecule has 0 unspecified atom stereocenters. The summed E-state index contributed by atoms with van der Waals surface area (Å²) in [5.74, 6) is 0.924. The number of aromatic nitrogens is 3. The minimum absolute atomic E-state index is 0.0175. The first-order valence-corrected chi connectivity index (χ1v) is 8.51. The summed E-state index contributed by atoms with van der Waals surface area (Å²) in [6.45, 7) is 2.06. The Bertz CT molecular complexity index is 1070. The van der Waals surface area contributed by atoms with Crippen LogP contribution in [0.2, 0.25) is 0 Å². The molecule has 0 spiro atoms. The molecular weight excluding hydrogens is 324 g/mol. The van der Waals surface area contributed by atoms with Gasteiger partial charge in [0.2, 0.25) is 0 Å². The van der Waals surface area contributed by atoms with E-state index in [9.17, 15) is 5.11 Å². The van der Waals surface area contributed by atoms with Crippen LogP contribution in [0.3, 0.4) is 0 Å². The highest BCUT2D eigenvalue weighted by Gasteiger charge is 2.15. The van der Waals surface area contributed by atoms with Gasteiger partial charge < -0.3 is 10.0 Å². The fourth-order valence-electron chi connectivity index (χ4n) is 3.21. The quantitative estimate of drug-likeness (QED) is 0.609. The zero-order chi connectivity index (χ0) is 18.1. The summed E-state index contributed by atoms with van der Waals surface area (Å²) < 4.78 is 1.84. The first-order chi connectivity index (χ1) is 12.7. The van der Waals surface area contributed by atoms with Crippen molar-refractivity contribution in [3.63, 3.8) is 0 Å². The molecule has 0 saturated carbocycles. The van der Waals surface area contributed by atoms with E-state index in [2.05, 4.69) is 40.1 Å². The van der Waals surface area contributed by atoms with Crippen LogP contribution in [0.15, 0.2) is 67.0 Å². The Balaban J connectivity index is 1.86. The summed E-state index contributed by atoms with van der Waals surface area (Å²) in [7, 11) is 2.02. The van der Waals surface area contributed by atoms with Crippen LogP contribution in [0.4, 0.5) is 11.5 Å². The molecule has 4 aromatic rings. The second kappa shape index (κ2) is 6.61. The van der Waals surface area contributed by atoms with E-state index in [0.717, 1.165) is 33.8 Å². The van der Waals surface area contributed by atoms with Crippen molar-refractivity contribution in [2.24, 2.45) is 0 Å². The van der Waals surface area contributed by atoms with Crippen molar-refractivity contribution < 1.29 is 5.11 Å². The molecule has 0 radical (unpaired) electrons. The summed E-state index contributed by atoms with van der Waals surface area (Å²) in [6, 6.07) is 18.1. The van der Waals surface area contributed by atoms with E-state index in [4.69, 9.17) is 0 Å². The van der Waals surface area contributed by atoms with Crippen LogP contribution in [0.1, 0.15) is 11.1 Å². The summed E-state index contributed by atoms with van der Waals surface area (Å²) in [5.41, 5.74) is 5.79. The van der Waals surface area contributed by atoms with Crippen LogP contribution in [0, 0.1) is 6.92 Å². The number of aryl methyl sites for hydroxylation is 1. The van der Waals surface area contributed by atoms with Gasteiger partial charge in [-0.1, -0.05) is 36.4 Å². The van der Waals surface area contributed by atoms with E-state index in [-0.39, 0.29) is 6.61 Å². The van der Waals surface area contributed by atoms with Crippen molar-refractivity contribution in [2.45, 2.75) is 13.5 Å². The van der Waals surface area contributed by atoms with Gasteiger partial charge in [0.15, 0.2) is 5.65 Å². The Labute approximate surface area is 152 Å². The Hall–Kier alpha value is -3.18. The summed E-state index contributed by atoms with van der Waals surface area (Å²) in [5, 5.41) is 14.2. The Kier molecular flexibility index (Phi) is 4.14. The SMILES string of the molecule is Cc1cccc(N(C)c2ccnc3c(-c4ccccc4CO)cnn23)c1. The molecule has 5 heteroatoms. The van der Waals surface area contributed by atoms with Gasteiger partial charge in [-0.3, -0.25) is 0 Å². The number of hydrogen-bond acceptors (Lipinski definition) is 4. The molecular formula is C21H20N4O. The fraction of sp³-hybridized carbons (Fsp3) is 0.143. The van der Waals surface area contributed by atoms with Crippen molar-refractivity contribution >= 4 is 17.2 Å². The molecule has 2 aromatic carbocycles. The van der Waals surface area contributed by atoms with E-state index in [1.807, 2.05) is 54.2 Å². The molecule has 0 aliphatic rings. The van der Waals surface area contributed by atoms with E-state index >= 15 is 0 Å². The molecule has 0 bridgehead atoms. The molecule has 0 saturated heterocycles. The standard InChI is InChI=1S/C21H20N4O/c1-15-6-5-8-17(12-15)24(2)20-10-11-22-21-19(13-23-25(20)21)18-9-4-3-7-16(18)14-26/h3-13,26H,14H2,1-2H3. The Morgan fingerprint density at radius 1 is 1.04 bits per heavy atom. The first kappa shape index (κ1) is 16.3. The topological polar surface area (TPSA) is 53.7 Å². The molecule has 0 aliphatic heterocycles. The lowest BCUT2D eigenvalue weighted by molar-refractivity contribution is 0.282. The smallest absolute Gasteiger partial charge is 0.165 e. The molecule has 0 atom stereocenters. The van der Waals surface area contributed by atoms with Gasteiger partial charge in [-0.15, -0.1) is 0 Å². The van der Waals surface area contributed by atoms with Crippen molar-refractivity contribution in [2.75, 3.05) is 11.9 Å². The average Bonchev–Trinajstić information content (AvgIpc) is 3.11. The summed E-state index contributed by atoms with van der Waals surface area (Å²) in [6.07, 6.45) is 3.61. The van der Waals surface area contributed by atoms with Crippen molar-refractivity contribution in [3.05, 3.63) is 78.1 Å². The molecule has 1 N–H and O–H groups in total. The van der Waals surface area contributed by atoms with Gasteiger partial charge in [-0.25, -0.2) is 4.98 Å². The third kappa shape index (κ3) is 2.72. The molecule has 5 nitrogen and oxygen atoms in total. The van der Waals surface area contributed by atoms with Gasteiger partial charge in [0, 0.05) is 24.5 Å². The van der Waals surface area contributed by atoms with Crippen LogP contribution >= 0.6 is 0 Å². The normalized spacial score (nSPS) is 11.0. The summed E-state index contributed by atoms with van der Waals surface area (Å²) >= 11 is 0. The maximum atomic E-state index is 9.65. The lowest BCUT2D eigenvalue weighted by Gasteiger charge is -2.20. The molecule has 2 heterocycles. The monoisotopic (exact) mass is 344 g/mol. The predicted molar refractivity (Wildman–Crippen MR) is 104 cm³/mol. The van der Waals surface area contributed by atoms with Crippen LogP contribution in [0.25, 0.3) is 16.8 Å². The molecule has 0 amide bonds. The molecule has 0 fully saturated rings. The number of nitrogens with zero attached hydrogens (tertiary/aromatic N) is 4. The van der Waals surface area contributed by atoms with Gasteiger partial charge in [-0.05, 0) is 41.8 Å². The van der Waals surface area contributed by atoms with Crippen molar-refractivity contribution in [3.8, 4) is 11.1 Å². The molecule has 0 aliphatic carbocycles. The van der Waals surface area contributed by atoms with Gasteiger partial charge in [0.25, 0.3) is 0 Å². The second-order valence-electron chi connectivity index (χ2n) is 6.31. The Morgan fingerprint density at radius 2 is 1.88 bits per heavy atom. The van der Waals surface area contributed by atoms with Crippen molar-refractivity contribution in [1.82, 2.24) is 14.6 Å². The van der Waals surface area contributed by atoms with E-state index in [0.29, 0.717) is 0 Å². The molecule has 4 rings (SSSR count). The minimum atomic E-state index is -0.0175. The lowest BCUT2D eigenvalue weighted by Crippen LogP contribution is -2.14. The largest absolute Gasteiger partial charge is 0.392 e. The number of anilines is 2. The maximum Gasteiger partial charge on any atom is 0.165 e. The highest BCUT2D eigenvalue weighted by atomic mass is 16.3. The number of rotatable bonds is 4. The number of fused-ring (bicyclic) bond motifs is 1. The van der Waals surface area contributed by atoms with Crippen LogP contribution in [-0.4, -0.2) is 26.8 Å². The minimum Gasteiger partial charge on any atom is -0.392 e. The molecule has 26 heavy (non-hydrogen) atoms. The van der Waals surface area contributed by atoms with Crippen LogP contribution in [0.5, 0.6) is 0 Å². The third-order valence-electron chi connectivity index (χ3n) is 4.59. The Morgan fingerprint density at radius 3 is 2.69 bits per heavy atom. The first-order valence-electron chi connectivity index (χ1n) is 8.51. The number of hydrogen-bond donors (Lipinski definition) is 1. The van der Waals surface area contributed by atoms with E-state index in [1.165, 1.54) is 5.56 Å². The molecule has 2 aromatic heterocycles. The van der Waals surface area contributed by atoms with Gasteiger partial charge in [0.05, 0.1) is 12.8 Å². The highest BCUT2D eigenvalue weighted by molar-refractivity contribution is 5.80. The maximum absolute atomic E-state index is 9.65. The highest BCUT2D eigenvalue weighted by Crippen LogP contribution is 2.30. The van der Waals surface area contributed by atoms with E-state index < -0.39 is 0 Å². The zero-order valence-corrected chi connectivity index (χ0v) is 14.8. The third-order valence-corrected chi connectivity index (χ3v) is 4.59. The zero-order valence-electron chi connectivity index (χ0n) is 14.8.